The Hall–Kier alpha value is -2.69. The van der Waals surface area contributed by atoms with Crippen LogP contribution >= 0.6 is 0 Å². The van der Waals surface area contributed by atoms with Crippen LogP contribution in [0.2, 0.25) is 0 Å². The van der Waals surface area contributed by atoms with E-state index in [1.165, 1.54) is 6.07 Å². The average Bonchev–Trinajstić information content (AvgIpc) is 2.96. The highest BCUT2D eigenvalue weighted by molar-refractivity contribution is 6.00. The van der Waals surface area contributed by atoms with Gasteiger partial charge in [0.25, 0.3) is 0 Å². The van der Waals surface area contributed by atoms with Gasteiger partial charge >= 0.3 is 0 Å². The lowest BCUT2D eigenvalue weighted by Crippen LogP contribution is -2.32. The van der Waals surface area contributed by atoms with E-state index in [0.717, 1.165) is 11.3 Å². The van der Waals surface area contributed by atoms with E-state index >= 15 is 0 Å². The fourth-order valence-corrected chi connectivity index (χ4v) is 2.83. The van der Waals surface area contributed by atoms with E-state index < -0.39 is 5.92 Å². The molecule has 0 bridgehead atoms. The summed E-state index contributed by atoms with van der Waals surface area (Å²) in [5, 5.41) is 2.73. The molecule has 2 aromatic rings. The van der Waals surface area contributed by atoms with E-state index in [2.05, 4.69) is 5.32 Å². The molecule has 1 atom stereocenters. The molecule has 0 spiro atoms. The number of aryl methyl sites for hydroxylation is 1. The predicted molar refractivity (Wildman–Crippen MR) is 89.9 cm³/mol. The van der Waals surface area contributed by atoms with Gasteiger partial charge in [-0.15, -0.1) is 0 Å². The molecule has 3 rings (SSSR count). The Balaban J connectivity index is 1.62. The number of halogens is 1. The Morgan fingerprint density at radius 2 is 1.92 bits per heavy atom. The number of hydrogen-bond acceptors (Lipinski definition) is 2. The van der Waals surface area contributed by atoms with Crippen LogP contribution in [-0.2, 0) is 16.1 Å². The van der Waals surface area contributed by atoms with E-state index in [4.69, 9.17) is 0 Å². The zero-order valence-electron chi connectivity index (χ0n) is 13.5. The monoisotopic (exact) mass is 326 g/mol. The standard InChI is InChI=1S/C19H19FN2O2/c1-13-6-8-16(9-7-13)22-12-15(10-18(22)23)19(24)21-11-14-4-2-3-5-17(14)20/h2-9,15H,10-12H2,1H3,(H,21,24)/t15-/m0/s1. The van der Waals surface area contributed by atoms with Gasteiger partial charge < -0.3 is 10.2 Å². The molecule has 1 fully saturated rings. The third-order valence-corrected chi connectivity index (χ3v) is 4.25. The highest BCUT2D eigenvalue weighted by atomic mass is 19.1. The van der Waals surface area contributed by atoms with Crippen molar-refractivity contribution in [1.82, 2.24) is 5.32 Å². The molecule has 5 heteroatoms. The number of hydrogen-bond donors (Lipinski definition) is 1. The summed E-state index contributed by atoms with van der Waals surface area (Å²) in [5.74, 6) is -1.04. The molecule has 0 radical (unpaired) electrons. The Labute approximate surface area is 140 Å². The molecule has 1 N–H and O–H groups in total. The Morgan fingerprint density at radius 1 is 1.21 bits per heavy atom. The largest absolute Gasteiger partial charge is 0.352 e. The molecule has 0 aliphatic carbocycles. The van der Waals surface area contributed by atoms with E-state index in [-0.39, 0.29) is 30.6 Å². The minimum atomic E-state index is -0.412. The Morgan fingerprint density at radius 3 is 2.62 bits per heavy atom. The first kappa shape index (κ1) is 16.2. The fraction of sp³-hybridized carbons (Fsp3) is 0.263. The van der Waals surface area contributed by atoms with Crippen molar-refractivity contribution in [2.24, 2.45) is 5.92 Å². The molecule has 1 heterocycles. The first-order valence-electron chi connectivity index (χ1n) is 7.93. The lowest BCUT2D eigenvalue weighted by molar-refractivity contribution is -0.126. The zero-order valence-corrected chi connectivity index (χ0v) is 13.5. The second-order valence-corrected chi connectivity index (χ2v) is 6.05. The summed E-state index contributed by atoms with van der Waals surface area (Å²) in [4.78, 5) is 26.1. The SMILES string of the molecule is Cc1ccc(N2C[C@@H](C(=O)NCc3ccccc3F)CC2=O)cc1. The molecule has 2 amide bonds. The molecular formula is C19H19FN2O2. The van der Waals surface area contributed by atoms with Gasteiger partial charge in [-0.05, 0) is 25.1 Å². The number of benzene rings is 2. The number of amides is 2. The summed E-state index contributed by atoms with van der Waals surface area (Å²) in [7, 11) is 0. The molecule has 0 aromatic heterocycles. The lowest BCUT2D eigenvalue weighted by atomic mass is 10.1. The summed E-state index contributed by atoms with van der Waals surface area (Å²) in [5.41, 5.74) is 2.35. The smallest absolute Gasteiger partial charge is 0.227 e. The number of nitrogens with one attached hydrogen (secondary N) is 1. The van der Waals surface area contributed by atoms with E-state index in [1.54, 1.807) is 23.1 Å². The topological polar surface area (TPSA) is 49.4 Å². The highest BCUT2D eigenvalue weighted by Crippen LogP contribution is 2.25. The van der Waals surface area contributed by atoms with Crippen LogP contribution in [0.1, 0.15) is 17.5 Å². The first-order chi connectivity index (χ1) is 11.5. The number of rotatable bonds is 4. The van der Waals surface area contributed by atoms with Gasteiger partial charge in [-0.2, -0.15) is 0 Å². The molecule has 4 nitrogen and oxygen atoms in total. The van der Waals surface area contributed by atoms with Gasteiger partial charge in [0.15, 0.2) is 0 Å². The van der Waals surface area contributed by atoms with Crippen molar-refractivity contribution in [2.45, 2.75) is 19.9 Å². The van der Waals surface area contributed by atoms with Crippen LogP contribution in [0.4, 0.5) is 10.1 Å². The molecule has 124 valence electrons. The van der Waals surface area contributed by atoms with Crippen LogP contribution in [0.3, 0.4) is 0 Å². The van der Waals surface area contributed by atoms with Gasteiger partial charge in [-0.25, -0.2) is 4.39 Å². The minimum absolute atomic E-state index is 0.0649. The van der Waals surface area contributed by atoms with Crippen LogP contribution in [-0.4, -0.2) is 18.4 Å². The average molecular weight is 326 g/mol. The van der Waals surface area contributed by atoms with Crippen LogP contribution in [0, 0.1) is 18.7 Å². The van der Waals surface area contributed by atoms with Gasteiger partial charge in [0, 0.05) is 30.8 Å². The minimum Gasteiger partial charge on any atom is -0.352 e. The van der Waals surface area contributed by atoms with Gasteiger partial charge in [0.05, 0.1) is 5.92 Å². The van der Waals surface area contributed by atoms with Crippen LogP contribution in [0.5, 0.6) is 0 Å². The number of carbonyl (C=O) groups excluding carboxylic acids is 2. The summed E-state index contributed by atoms with van der Waals surface area (Å²) in [6, 6.07) is 14.0. The van der Waals surface area contributed by atoms with Crippen LogP contribution in [0.15, 0.2) is 48.5 Å². The summed E-state index contributed by atoms with van der Waals surface area (Å²) in [6.07, 6.45) is 0.178. The Kier molecular flexibility index (Phi) is 4.60. The van der Waals surface area contributed by atoms with Crippen molar-refractivity contribution < 1.29 is 14.0 Å². The number of nitrogens with zero attached hydrogens (tertiary/aromatic N) is 1. The molecule has 2 aromatic carbocycles. The maximum atomic E-state index is 13.6. The van der Waals surface area contributed by atoms with Crippen molar-refractivity contribution >= 4 is 17.5 Å². The molecule has 0 saturated carbocycles. The van der Waals surface area contributed by atoms with Crippen molar-refractivity contribution in [3.63, 3.8) is 0 Å². The van der Waals surface area contributed by atoms with Crippen molar-refractivity contribution in [3.05, 3.63) is 65.5 Å². The molecule has 1 aliphatic rings. The second-order valence-electron chi connectivity index (χ2n) is 6.05. The second kappa shape index (κ2) is 6.83. The molecule has 1 aliphatic heterocycles. The van der Waals surface area contributed by atoms with Crippen LogP contribution in [0.25, 0.3) is 0 Å². The zero-order chi connectivity index (χ0) is 17.1. The van der Waals surface area contributed by atoms with Gasteiger partial charge in [-0.3, -0.25) is 9.59 Å². The number of anilines is 1. The third-order valence-electron chi connectivity index (χ3n) is 4.25. The summed E-state index contributed by atoms with van der Waals surface area (Å²) < 4.78 is 13.6. The molecular weight excluding hydrogens is 307 g/mol. The highest BCUT2D eigenvalue weighted by Gasteiger charge is 2.34. The lowest BCUT2D eigenvalue weighted by Gasteiger charge is -2.17. The quantitative estimate of drug-likeness (QED) is 0.939. The van der Waals surface area contributed by atoms with E-state index in [9.17, 15) is 14.0 Å². The first-order valence-corrected chi connectivity index (χ1v) is 7.93. The van der Waals surface area contributed by atoms with Gasteiger partial charge in [0.1, 0.15) is 5.82 Å². The van der Waals surface area contributed by atoms with Crippen molar-refractivity contribution in [1.29, 1.82) is 0 Å². The number of carbonyl (C=O) groups is 2. The predicted octanol–water partition coefficient (Wildman–Crippen LogP) is 2.80. The van der Waals surface area contributed by atoms with Crippen molar-refractivity contribution in [3.8, 4) is 0 Å². The van der Waals surface area contributed by atoms with E-state index in [0.29, 0.717) is 12.1 Å². The maximum absolute atomic E-state index is 13.6. The summed E-state index contributed by atoms with van der Waals surface area (Å²) in [6.45, 7) is 2.46. The molecule has 24 heavy (non-hydrogen) atoms. The third kappa shape index (κ3) is 3.45. The maximum Gasteiger partial charge on any atom is 0.227 e. The fourth-order valence-electron chi connectivity index (χ4n) is 2.83. The molecule has 0 unspecified atom stereocenters. The summed E-state index contributed by atoms with van der Waals surface area (Å²) >= 11 is 0. The van der Waals surface area contributed by atoms with Gasteiger partial charge in [-0.1, -0.05) is 35.9 Å². The van der Waals surface area contributed by atoms with E-state index in [1.807, 2.05) is 31.2 Å². The molecule has 1 saturated heterocycles. The van der Waals surface area contributed by atoms with Crippen molar-refractivity contribution in [2.75, 3.05) is 11.4 Å². The normalized spacial score (nSPS) is 17.2. The van der Waals surface area contributed by atoms with Gasteiger partial charge in [0.2, 0.25) is 11.8 Å². The van der Waals surface area contributed by atoms with Crippen LogP contribution < -0.4 is 10.2 Å². The Bertz CT molecular complexity index is 758.